The van der Waals surface area contributed by atoms with E-state index < -0.39 is 12.1 Å². The van der Waals surface area contributed by atoms with Crippen LogP contribution in [0.25, 0.3) is 28.2 Å². The summed E-state index contributed by atoms with van der Waals surface area (Å²) in [7, 11) is 6.14. The molecule has 1 amide bonds. The van der Waals surface area contributed by atoms with Crippen molar-refractivity contribution in [2.24, 2.45) is 5.92 Å². The molecular weight excluding hydrogens is 610 g/mol. The minimum absolute atomic E-state index is 0.0865. The highest BCUT2D eigenvalue weighted by Gasteiger charge is 2.27. The second-order valence-electron chi connectivity index (χ2n) is 12.5. The lowest BCUT2D eigenvalue weighted by Gasteiger charge is -2.26. The van der Waals surface area contributed by atoms with Gasteiger partial charge in [0.1, 0.15) is 29.2 Å². The quantitative estimate of drug-likeness (QED) is 0.296. The molecule has 1 N–H and O–H groups in total. The van der Waals surface area contributed by atoms with Crippen LogP contribution in [-0.2, 0) is 10.0 Å². The molecule has 3 aromatic heterocycles. The van der Waals surface area contributed by atoms with Gasteiger partial charge in [0.25, 0.3) is 12.0 Å². The molecule has 5 aromatic rings. The van der Waals surface area contributed by atoms with Crippen molar-refractivity contribution in [3.8, 4) is 28.2 Å². The molecule has 6 rings (SSSR count). The summed E-state index contributed by atoms with van der Waals surface area (Å²) in [6.45, 7) is 1.90. The Morgan fingerprint density at radius 3 is 2.61 bits per heavy atom. The summed E-state index contributed by atoms with van der Waals surface area (Å²) in [5.41, 5.74) is 3.54. The number of fused-ring (bicyclic) bond motifs is 4. The number of hydrogen-bond acceptors (Lipinski definition) is 6. The molecule has 0 saturated heterocycles. The Hall–Kier alpha value is -4.52. The van der Waals surface area contributed by atoms with E-state index in [-0.39, 0.29) is 28.7 Å². The number of amides is 1. The number of halogens is 3. The van der Waals surface area contributed by atoms with Crippen molar-refractivity contribution in [1.29, 1.82) is 0 Å². The van der Waals surface area contributed by atoms with Gasteiger partial charge >= 0.3 is 0 Å². The maximum absolute atomic E-state index is 13.8. The minimum atomic E-state index is -2.78. The Morgan fingerprint density at radius 2 is 1.89 bits per heavy atom. The van der Waals surface area contributed by atoms with Crippen LogP contribution in [0.5, 0.6) is 0 Å². The van der Waals surface area contributed by atoms with Gasteiger partial charge in [0, 0.05) is 28.1 Å². The van der Waals surface area contributed by atoms with Crippen molar-refractivity contribution in [3.05, 3.63) is 93.9 Å². The Bertz CT molecular complexity index is 1990. The molecule has 2 bridgehead atoms. The molecule has 4 heterocycles. The van der Waals surface area contributed by atoms with Crippen LogP contribution in [-0.4, -0.2) is 63.8 Å². The Morgan fingerprint density at radius 1 is 1.09 bits per heavy atom. The van der Waals surface area contributed by atoms with E-state index in [0.29, 0.717) is 46.9 Å². The van der Waals surface area contributed by atoms with Crippen LogP contribution in [0, 0.1) is 5.92 Å². The summed E-state index contributed by atoms with van der Waals surface area (Å²) in [6.07, 6.45) is 3.43. The van der Waals surface area contributed by atoms with Crippen molar-refractivity contribution < 1.29 is 13.6 Å². The molecule has 2 aromatic carbocycles. The third kappa shape index (κ3) is 6.15. The average Bonchev–Trinajstić information content (AvgIpc) is 3.67. The van der Waals surface area contributed by atoms with Crippen LogP contribution in [0.3, 0.4) is 0 Å². The Balaban J connectivity index is 1.44. The first kappa shape index (κ1) is 31.5. The zero-order valence-corrected chi connectivity index (χ0v) is 26.5. The monoisotopic (exact) mass is 640 g/mol. The van der Waals surface area contributed by atoms with E-state index in [1.165, 1.54) is 17.1 Å². The third-order valence-electron chi connectivity index (χ3n) is 8.16. The molecule has 0 aliphatic carbocycles. The molecule has 0 spiro atoms. The first-order valence-corrected chi connectivity index (χ1v) is 15.4. The van der Waals surface area contributed by atoms with E-state index in [0.717, 1.165) is 23.0 Å². The van der Waals surface area contributed by atoms with E-state index in [2.05, 4.69) is 25.7 Å². The van der Waals surface area contributed by atoms with Crippen LogP contribution in [0.2, 0.25) is 5.02 Å². The van der Waals surface area contributed by atoms with Crippen molar-refractivity contribution in [2.75, 3.05) is 5.32 Å². The zero-order valence-electron chi connectivity index (χ0n) is 25.8. The first-order valence-electron chi connectivity index (χ1n) is 15.0. The van der Waals surface area contributed by atoms with Gasteiger partial charge in [-0.05, 0) is 47.9 Å². The van der Waals surface area contributed by atoms with Gasteiger partial charge in [-0.25, -0.2) is 18.4 Å². The second-order valence-corrected chi connectivity index (χ2v) is 13.0. The molecule has 0 unspecified atom stereocenters. The van der Waals surface area contributed by atoms with Crippen LogP contribution in [0.15, 0.2) is 72.0 Å². The number of alkyl halides is 2. The number of carbonyl (C=O) groups excluding carboxylic acids is 1. The van der Waals surface area contributed by atoms with Gasteiger partial charge in [0.2, 0.25) is 5.91 Å². The zero-order chi connectivity index (χ0) is 32.7. The number of anilines is 1. The van der Waals surface area contributed by atoms with Crippen molar-refractivity contribution in [1.82, 2.24) is 34.3 Å². The fourth-order valence-electron chi connectivity index (χ4n) is 5.79. The van der Waals surface area contributed by atoms with Gasteiger partial charge in [0.05, 0.1) is 47.5 Å². The summed E-state index contributed by atoms with van der Waals surface area (Å²) < 4.78 is 31.2. The fraction of sp³-hybridized carbons (Fsp3) is 0.267. The number of carbonyl (C=O) groups is 1. The molecule has 2 atom stereocenters. The minimum Gasteiger partial charge on any atom is -0.323 e. The van der Waals surface area contributed by atoms with E-state index in [1.54, 1.807) is 29.0 Å². The highest BCUT2D eigenvalue weighted by atomic mass is 35.5. The van der Waals surface area contributed by atoms with Gasteiger partial charge in [-0.3, -0.25) is 18.8 Å². The maximum Gasteiger partial charge on any atom is 0.283 e. The SMILES string of the molecule is BC(B)(B)n1ncc2c1-c1cccc(c1)[C@@H](n1cnc(-c3cc(Cl)ccc3-n3cc(C(F)F)nn3)cc1=O)CCC[C@@H](C)C(=O)N2. The average molecular weight is 641 g/mol. The molecule has 16 heteroatoms. The smallest absolute Gasteiger partial charge is 0.283 e. The molecule has 1 aliphatic rings. The van der Waals surface area contributed by atoms with Crippen LogP contribution in [0.1, 0.15) is 49.9 Å². The molecule has 10 nitrogen and oxygen atoms in total. The highest BCUT2D eigenvalue weighted by Crippen LogP contribution is 2.35. The lowest BCUT2D eigenvalue weighted by molar-refractivity contribution is -0.119. The maximum atomic E-state index is 13.8. The predicted molar refractivity (Wildman–Crippen MR) is 180 cm³/mol. The van der Waals surface area contributed by atoms with Crippen LogP contribution >= 0.6 is 11.6 Å². The Labute approximate surface area is 271 Å². The lowest BCUT2D eigenvalue weighted by atomic mass is 9.49. The lowest BCUT2D eigenvalue weighted by Crippen LogP contribution is -2.36. The number of rotatable bonds is 5. The van der Waals surface area contributed by atoms with Gasteiger partial charge in [-0.2, -0.15) is 5.10 Å². The molecule has 1 aliphatic heterocycles. The summed E-state index contributed by atoms with van der Waals surface area (Å²) in [5.74, 6) is -0.346. The van der Waals surface area contributed by atoms with E-state index in [1.807, 2.05) is 59.4 Å². The number of benzene rings is 2. The van der Waals surface area contributed by atoms with E-state index in [9.17, 15) is 18.4 Å². The summed E-state index contributed by atoms with van der Waals surface area (Å²) in [4.78, 5) is 31.7. The molecule has 0 fully saturated rings. The van der Waals surface area contributed by atoms with E-state index >= 15 is 0 Å². The van der Waals surface area contributed by atoms with Crippen molar-refractivity contribution >= 4 is 46.7 Å². The molecule has 232 valence electrons. The molecular formula is C30H30B3ClF2N8O2. The fourth-order valence-corrected chi connectivity index (χ4v) is 5.96. The topological polar surface area (TPSA) is 113 Å². The predicted octanol–water partition coefficient (Wildman–Crippen LogP) is 2.76. The van der Waals surface area contributed by atoms with E-state index in [4.69, 9.17) is 11.6 Å². The summed E-state index contributed by atoms with van der Waals surface area (Å²) in [5, 5.41) is 15.1. The molecule has 0 saturated carbocycles. The van der Waals surface area contributed by atoms with Gasteiger partial charge < -0.3 is 5.32 Å². The highest BCUT2D eigenvalue weighted by molar-refractivity contribution is 6.56. The molecule has 46 heavy (non-hydrogen) atoms. The second kappa shape index (κ2) is 12.4. The van der Waals surface area contributed by atoms with Crippen LogP contribution in [0.4, 0.5) is 14.5 Å². The number of hydrogen-bond donors (Lipinski definition) is 1. The molecule has 0 radical (unpaired) electrons. The van der Waals surface area contributed by atoms with Crippen LogP contribution < -0.4 is 10.9 Å². The standard InChI is InChI=1S/C30H30B3ClF2N8O2/c1-16-4-2-7-24(17-5-3-6-18(10-17)27-22(39-29(16)46)13-38-44(27)30(31,32)33)42-15-37-21(12-26(42)45)20-11-19(34)8-9-25(20)43-14-23(28(35)36)40-41-43/h3,5-6,8-16,24,28H,2,4,7,31-33H2,1H3,(H,39,46)/t16-,24+/m1/s1. The number of nitrogens with one attached hydrogen (secondary N) is 1. The van der Waals surface area contributed by atoms with Gasteiger partial charge in [-0.1, -0.05) is 48.4 Å². The summed E-state index contributed by atoms with van der Waals surface area (Å²) in [6, 6.07) is 13.8. The van der Waals surface area contributed by atoms with Crippen molar-refractivity contribution in [2.45, 2.75) is 43.9 Å². The number of aromatic nitrogens is 7. The third-order valence-corrected chi connectivity index (χ3v) is 8.39. The first-order chi connectivity index (χ1) is 21.9. The largest absolute Gasteiger partial charge is 0.323 e. The van der Waals surface area contributed by atoms with Gasteiger partial charge in [0.15, 0.2) is 0 Å². The van der Waals surface area contributed by atoms with Crippen molar-refractivity contribution in [3.63, 3.8) is 0 Å². The Kier molecular flexibility index (Phi) is 8.45. The van der Waals surface area contributed by atoms with Gasteiger partial charge in [-0.15, -0.1) is 5.10 Å². The normalized spacial score (nSPS) is 17.2. The summed E-state index contributed by atoms with van der Waals surface area (Å²) >= 11 is 6.31. The number of nitrogens with zero attached hydrogens (tertiary/aromatic N) is 7.